The van der Waals surface area contributed by atoms with Crippen LogP contribution in [0.15, 0.2) is 18.2 Å². The summed E-state index contributed by atoms with van der Waals surface area (Å²) in [5.41, 5.74) is 0.709. The van der Waals surface area contributed by atoms with Gasteiger partial charge in [-0.25, -0.2) is 4.39 Å². The highest BCUT2D eigenvalue weighted by molar-refractivity contribution is 5.40. The zero-order chi connectivity index (χ0) is 14.6. The predicted molar refractivity (Wildman–Crippen MR) is 79.2 cm³/mol. The van der Waals surface area contributed by atoms with Crippen LogP contribution in [0.25, 0.3) is 0 Å². The second-order valence-corrected chi connectivity index (χ2v) is 4.68. The molecule has 1 aromatic carbocycles. The first kappa shape index (κ1) is 16.5. The van der Waals surface area contributed by atoms with Gasteiger partial charge in [0, 0.05) is 12.0 Å². The molecule has 0 atom stereocenters. The molecule has 0 aromatic heterocycles. The Kier molecular flexibility index (Phi) is 8.49. The van der Waals surface area contributed by atoms with E-state index in [1.54, 1.807) is 12.1 Å². The van der Waals surface area contributed by atoms with Crippen LogP contribution in [0.3, 0.4) is 0 Å². The maximum absolute atomic E-state index is 13.6. The number of hydrogen-bond acceptors (Lipinski definition) is 2. The minimum atomic E-state index is -0.355. The molecule has 0 bridgehead atoms. The van der Waals surface area contributed by atoms with Gasteiger partial charge in [-0.05, 0) is 24.6 Å². The van der Waals surface area contributed by atoms with Gasteiger partial charge in [0.05, 0.1) is 13.2 Å². The smallest absolute Gasteiger partial charge is 0.165 e. The van der Waals surface area contributed by atoms with Crippen molar-refractivity contribution < 1.29 is 14.2 Å². The van der Waals surface area contributed by atoms with E-state index >= 15 is 0 Å². The lowest BCUT2D eigenvalue weighted by molar-refractivity contribution is 0.290. The van der Waals surface area contributed by atoms with E-state index in [1.807, 2.05) is 0 Å². The molecule has 0 aliphatic carbocycles. The number of hydrogen-bond donors (Lipinski definition) is 1. The fourth-order valence-corrected chi connectivity index (χ4v) is 1.80. The number of halogens is 1. The highest BCUT2D eigenvalue weighted by atomic mass is 19.1. The summed E-state index contributed by atoms with van der Waals surface area (Å²) in [5, 5.41) is 8.66. The first-order valence-electron chi connectivity index (χ1n) is 7.30. The van der Waals surface area contributed by atoms with Crippen LogP contribution in [0.4, 0.5) is 4.39 Å². The Labute approximate surface area is 121 Å². The molecule has 0 heterocycles. The molecule has 0 fully saturated rings. The van der Waals surface area contributed by atoms with Gasteiger partial charge >= 0.3 is 0 Å². The van der Waals surface area contributed by atoms with Gasteiger partial charge in [-0.1, -0.05) is 44.4 Å². The van der Waals surface area contributed by atoms with E-state index in [2.05, 4.69) is 18.8 Å². The number of unbranched alkanes of at least 4 members (excludes halogenated alkanes) is 4. The lowest BCUT2D eigenvalue weighted by Crippen LogP contribution is -1.99. The van der Waals surface area contributed by atoms with Gasteiger partial charge in [-0.3, -0.25) is 0 Å². The molecule has 0 saturated heterocycles. The van der Waals surface area contributed by atoms with E-state index in [1.165, 1.54) is 25.3 Å². The SMILES string of the molecule is CCCCCCCOc1cc(C#CCCO)ccc1F. The Bertz CT molecular complexity index is 446. The molecule has 2 nitrogen and oxygen atoms in total. The molecule has 0 radical (unpaired) electrons. The molecular formula is C17H23FO2. The number of rotatable bonds is 8. The van der Waals surface area contributed by atoms with Crippen molar-refractivity contribution in [2.45, 2.75) is 45.4 Å². The molecule has 0 aliphatic rings. The first-order chi connectivity index (χ1) is 9.77. The van der Waals surface area contributed by atoms with Crippen molar-refractivity contribution in [2.24, 2.45) is 0 Å². The molecule has 1 rings (SSSR count). The summed E-state index contributed by atoms with van der Waals surface area (Å²) in [4.78, 5) is 0. The lowest BCUT2D eigenvalue weighted by atomic mass is 10.2. The quantitative estimate of drug-likeness (QED) is 0.577. The van der Waals surface area contributed by atoms with Crippen molar-refractivity contribution in [3.8, 4) is 17.6 Å². The van der Waals surface area contributed by atoms with Crippen molar-refractivity contribution in [1.29, 1.82) is 0 Å². The number of aliphatic hydroxyl groups excluding tert-OH is 1. The Morgan fingerprint density at radius 1 is 1.20 bits per heavy atom. The molecule has 3 heteroatoms. The van der Waals surface area contributed by atoms with Crippen molar-refractivity contribution in [2.75, 3.05) is 13.2 Å². The van der Waals surface area contributed by atoms with E-state index < -0.39 is 0 Å². The topological polar surface area (TPSA) is 29.5 Å². The molecule has 0 spiro atoms. The van der Waals surface area contributed by atoms with E-state index in [4.69, 9.17) is 9.84 Å². The highest BCUT2D eigenvalue weighted by Crippen LogP contribution is 2.19. The third kappa shape index (κ3) is 6.58. The summed E-state index contributed by atoms with van der Waals surface area (Å²) in [6.45, 7) is 2.75. The monoisotopic (exact) mass is 278 g/mol. The Hall–Kier alpha value is -1.53. The Morgan fingerprint density at radius 2 is 2.00 bits per heavy atom. The third-order valence-corrected chi connectivity index (χ3v) is 2.91. The summed E-state index contributed by atoms with van der Waals surface area (Å²) in [5.74, 6) is 5.59. The summed E-state index contributed by atoms with van der Waals surface area (Å²) in [6, 6.07) is 4.61. The van der Waals surface area contributed by atoms with Crippen molar-refractivity contribution in [3.63, 3.8) is 0 Å². The molecule has 0 aliphatic heterocycles. The fourth-order valence-electron chi connectivity index (χ4n) is 1.80. The van der Waals surface area contributed by atoms with Crippen molar-refractivity contribution in [3.05, 3.63) is 29.6 Å². The van der Waals surface area contributed by atoms with Crippen LogP contribution in [0.1, 0.15) is 51.0 Å². The minimum absolute atomic E-state index is 0.0370. The van der Waals surface area contributed by atoms with Crippen LogP contribution in [-0.4, -0.2) is 18.3 Å². The van der Waals surface area contributed by atoms with E-state index in [9.17, 15) is 4.39 Å². The van der Waals surface area contributed by atoms with Gasteiger partial charge in [0.2, 0.25) is 0 Å². The molecule has 1 aromatic rings. The van der Waals surface area contributed by atoms with Gasteiger partial charge < -0.3 is 9.84 Å². The number of benzene rings is 1. The van der Waals surface area contributed by atoms with E-state index in [0.717, 1.165) is 12.8 Å². The van der Waals surface area contributed by atoms with Crippen LogP contribution in [0, 0.1) is 17.7 Å². The Balaban J connectivity index is 2.44. The van der Waals surface area contributed by atoms with Gasteiger partial charge in [0.1, 0.15) is 0 Å². The highest BCUT2D eigenvalue weighted by Gasteiger charge is 2.03. The second-order valence-electron chi connectivity index (χ2n) is 4.68. The molecule has 0 amide bonds. The molecule has 0 saturated carbocycles. The zero-order valence-electron chi connectivity index (χ0n) is 12.1. The maximum atomic E-state index is 13.6. The first-order valence-corrected chi connectivity index (χ1v) is 7.30. The minimum Gasteiger partial charge on any atom is -0.490 e. The van der Waals surface area contributed by atoms with Crippen LogP contribution in [0.5, 0.6) is 5.75 Å². The van der Waals surface area contributed by atoms with Gasteiger partial charge in [-0.15, -0.1) is 0 Å². The third-order valence-electron chi connectivity index (χ3n) is 2.91. The summed E-state index contributed by atoms with van der Waals surface area (Å²) >= 11 is 0. The standard InChI is InChI=1S/C17H23FO2/c1-2-3-4-5-8-13-20-17-14-15(9-6-7-12-19)10-11-16(17)18/h10-11,14,19H,2-5,7-8,12-13H2,1H3. The average Bonchev–Trinajstić information content (AvgIpc) is 2.46. The molecule has 1 N–H and O–H groups in total. The summed E-state index contributed by atoms with van der Waals surface area (Å²) in [7, 11) is 0. The molecule has 20 heavy (non-hydrogen) atoms. The average molecular weight is 278 g/mol. The Morgan fingerprint density at radius 3 is 2.75 bits per heavy atom. The number of ether oxygens (including phenoxy) is 1. The van der Waals surface area contributed by atoms with Crippen molar-refractivity contribution in [1.82, 2.24) is 0 Å². The fraction of sp³-hybridized carbons (Fsp3) is 0.529. The van der Waals surface area contributed by atoms with Crippen LogP contribution in [0.2, 0.25) is 0 Å². The summed E-state index contributed by atoms with van der Waals surface area (Å²) in [6.07, 6.45) is 6.14. The molecular weight excluding hydrogens is 255 g/mol. The van der Waals surface area contributed by atoms with E-state index in [0.29, 0.717) is 18.6 Å². The predicted octanol–water partition coefficient (Wildman–Crippen LogP) is 3.91. The van der Waals surface area contributed by atoms with Crippen molar-refractivity contribution >= 4 is 0 Å². The number of aliphatic hydroxyl groups is 1. The maximum Gasteiger partial charge on any atom is 0.165 e. The molecule has 110 valence electrons. The van der Waals surface area contributed by atoms with E-state index in [-0.39, 0.29) is 18.2 Å². The van der Waals surface area contributed by atoms with Gasteiger partial charge in [0.15, 0.2) is 11.6 Å². The second kappa shape index (κ2) is 10.3. The van der Waals surface area contributed by atoms with Gasteiger partial charge in [0.25, 0.3) is 0 Å². The molecule has 0 unspecified atom stereocenters. The largest absolute Gasteiger partial charge is 0.490 e. The normalized spacial score (nSPS) is 9.95. The van der Waals surface area contributed by atoms with Crippen LogP contribution >= 0.6 is 0 Å². The summed E-state index contributed by atoms with van der Waals surface area (Å²) < 4.78 is 19.0. The zero-order valence-corrected chi connectivity index (χ0v) is 12.1. The van der Waals surface area contributed by atoms with Crippen LogP contribution < -0.4 is 4.74 Å². The van der Waals surface area contributed by atoms with Crippen LogP contribution in [-0.2, 0) is 0 Å². The van der Waals surface area contributed by atoms with Gasteiger partial charge in [-0.2, -0.15) is 0 Å². The lowest BCUT2D eigenvalue weighted by Gasteiger charge is -2.07.